The highest BCUT2D eigenvalue weighted by atomic mass is 16.5. The van der Waals surface area contributed by atoms with Gasteiger partial charge in [-0.05, 0) is 33.8 Å². The van der Waals surface area contributed by atoms with Crippen LogP contribution >= 0.6 is 0 Å². The molecule has 3 heteroatoms. The number of methoxy groups -OCH3 is 1. The predicted molar refractivity (Wildman–Crippen MR) is 62.3 cm³/mol. The fraction of sp³-hybridized carbons (Fsp3) is 0.417. The lowest BCUT2D eigenvalue weighted by Gasteiger charge is -2.08. The van der Waals surface area contributed by atoms with Crippen molar-refractivity contribution in [3.8, 4) is 0 Å². The fourth-order valence-corrected chi connectivity index (χ4v) is 1.31. The van der Waals surface area contributed by atoms with E-state index in [2.05, 4.69) is 4.98 Å². The minimum Gasteiger partial charge on any atom is -0.495 e. The topological polar surface area (TPSA) is 27.1 Å². The summed E-state index contributed by atoms with van der Waals surface area (Å²) in [6, 6.07) is 0. The Hall–Kier alpha value is -1.51. The molecule has 0 aromatic carbocycles. The van der Waals surface area contributed by atoms with Crippen LogP contribution in [0.25, 0.3) is 5.70 Å². The van der Waals surface area contributed by atoms with Gasteiger partial charge in [0.2, 0.25) is 0 Å². The van der Waals surface area contributed by atoms with Gasteiger partial charge in [-0.2, -0.15) is 0 Å². The molecule has 1 aromatic rings. The van der Waals surface area contributed by atoms with Crippen molar-refractivity contribution in [2.75, 3.05) is 7.11 Å². The van der Waals surface area contributed by atoms with Gasteiger partial charge in [0.15, 0.2) is 0 Å². The van der Waals surface area contributed by atoms with E-state index in [1.807, 2.05) is 44.5 Å². The van der Waals surface area contributed by atoms with Gasteiger partial charge >= 0.3 is 0 Å². The molecule has 0 radical (unpaired) electrons. The van der Waals surface area contributed by atoms with Crippen LogP contribution < -0.4 is 0 Å². The van der Waals surface area contributed by atoms with Crippen molar-refractivity contribution >= 4 is 5.70 Å². The Kier molecular flexibility index (Phi) is 3.72. The highest BCUT2D eigenvalue weighted by Crippen LogP contribution is 2.14. The summed E-state index contributed by atoms with van der Waals surface area (Å²) in [5, 5.41) is 0. The zero-order valence-electron chi connectivity index (χ0n) is 10.0. The molecule has 0 fully saturated rings. The number of allylic oxidation sites excluding steroid dienone is 3. The molecule has 0 aliphatic heterocycles. The van der Waals surface area contributed by atoms with E-state index in [0.717, 1.165) is 17.2 Å². The van der Waals surface area contributed by atoms with Crippen LogP contribution in [0.4, 0.5) is 0 Å². The summed E-state index contributed by atoms with van der Waals surface area (Å²) < 4.78 is 7.31. The number of ether oxygens (including phenoxy) is 1. The molecule has 0 bridgehead atoms. The van der Waals surface area contributed by atoms with Gasteiger partial charge in [0.1, 0.15) is 5.76 Å². The summed E-state index contributed by atoms with van der Waals surface area (Å²) >= 11 is 0. The van der Waals surface area contributed by atoms with E-state index in [1.165, 1.54) is 5.57 Å². The maximum absolute atomic E-state index is 5.34. The number of hydrogen-bond donors (Lipinski definition) is 0. The Morgan fingerprint density at radius 3 is 2.47 bits per heavy atom. The number of hydrogen-bond acceptors (Lipinski definition) is 2. The zero-order chi connectivity index (χ0) is 11.4. The van der Waals surface area contributed by atoms with Gasteiger partial charge in [0, 0.05) is 6.20 Å². The van der Waals surface area contributed by atoms with Crippen LogP contribution in [0.2, 0.25) is 0 Å². The zero-order valence-corrected chi connectivity index (χ0v) is 10.0. The van der Waals surface area contributed by atoms with Gasteiger partial charge in [-0.15, -0.1) is 0 Å². The van der Waals surface area contributed by atoms with E-state index in [-0.39, 0.29) is 0 Å². The lowest BCUT2D eigenvalue weighted by molar-refractivity contribution is 0.306. The number of rotatable bonds is 3. The van der Waals surface area contributed by atoms with Gasteiger partial charge in [-0.1, -0.05) is 5.57 Å². The standard InChI is InChI=1S/C12H18N2O/c1-9(2)6-12(15-5)11(4)14-7-10(3)13-8-14/h6-8H,1-5H3. The van der Waals surface area contributed by atoms with Gasteiger partial charge in [0.05, 0.1) is 24.8 Å². The summed E-state index contributed by atoms with van der Waals surface area (Å²) in [6.45, 7) is 8.08. The average Bonchev–Trinajstić information content (AvgIpc) is 2.60. The van der Waals surface area contributed by atoms with Gasteiger partial charge in [-0.25, -0.2) is 4.98 Å². The third-order valence-electron chi connectivity index (χ3n) is 2.10. The number of aryl methyl sites for hydroxylation is 1. The molecule has 1 rings (SSSR count). The first-order chi connectivity index (χ1) is 7.04. The van der Waals surface area contributed by atoms with Gasteiger partial charge in [0.25, 0.3) is 0 Å². The highest BCUT2D eigenvalue weighted by molar-refractivity contribution is 5.50. The lowest BCUT2D eigenvalue weighted by atomic mass is 10.2. The van der Waals surface area contributed by atoms with E-state index in [0.29, 0.717) is 0 Å². The van der Waals surface area contributed by atoms with Gasteiger partial charge < -0.3 is 9.30 Å². The maximum atomic E-state index is 5.34. The molecule has 0 spiro atoms. The van der Waals surface area contributed by atoms with E-state index in [4.69, 9.17) is 4.74 Å². The smallest absolute Gasteiger partial charge is 0.138 e. The minimum atomic E-state index is 0.868. The lowest BCUT2D eigenvalue weighted by Crippen LogP contribution is -1.96. The van der Waals surface area contributed by atoms with Crippen molar-refractivity contribution in [3.63, 3.8) is 0 Å². The van der Waals surface area contributed by atoms with Crippen LogP contribution in [0.3, 0.4) is 0 Å². The molecule has 0 atom stereocenters. The van der Waals surface area contributed by atoms with Crippen molar-refractivity contribution in [1.82, 2.24) is 9.55 Å². The quantitative estimate of drug-likeness (QED) is 0.561. The summed E-state index contributed by atoms with van der Waals surface area (Å²) in [6.07, 6.45) is 5.79. The van der Waals surface area contributed by atoms with Crippen molar-refractivity contribution < 1.29 is 4.74 Å². The second-order valence-electron chi connectivity index (χ2n) is 3.80. The normalized spacial score (nSPS) is 12.1. The van der Waals surface area contributed by atoms with E-state index in [9.17, 15) is 0 Å². The highest BCUT2D eigenvalue weighted by Gasteiger charge is 2.02. The first kappa shape index (κ1) is 11.6. The fourth-order valence-electron chi connectivity index (χ4n) is 1.31. The largest absolute Gasteiger partial charge is 0.495 e. The Bertz CT molecular complexity index is 396. The number of imidazole rings is 1. The molecule has 0 aliphatic carbocycles. The molecule has 0 saturated heterocycles. The SMILES string of the molecule is COC(C=C(C)C)=C(C)n1cnc(C)c1. The molecule has 1 heterocycles. The first-order valence-corrected chi connectivity index (χ1v) is 4.95. The minimum absolute atomic E-state index is 0.868. The van der Waals surface area contributed by atoms with Crippen LogP contribution in [0.15, 0.2) is 29.9 Å². The average molecular weight is 206 g/mol. The monoisotopic (exact) mass is 206 g/mol. The first-order valence-electron chi connectivity index (χ1n) is 4.95. The van der Waals surface area contributed by atoms with Gasteiger partial charge in [-0.3, -0.25) is 0 Å². The second kappa shape index (κ2) is 4.82. The number of nitrogens with zero attached hydrogens (tertiary/aromatic N) is 2. The Balaban J connectivity index is 3.11. The molecule has 82 valence electrons. The predicted octanol–water partition coefficient (Wildman–Crippen LogP) is 2.99. The van der Waals surface area contributed by atoms with Crippen LogP contribution in [0.1, 0.15) is 26.5 Å². The second-order valence-corrected chi connectivity index (χ2v) is 3.80. The molecule has 3 nitrogen and oxygen atoms in total. The van der Waals surface area contributed by atoms with E-state index < -0.39 is 0 Å². The van der Waals surface area contributed by atoms with Crippen LogP contribution in [0.5, 0.6) is 0 Å². The maximum Gasteiger partial charge on any atom is 0.138 e. The summed E-state index contributed by atoms with van der Waals surface area (Å²) in [5.74, 6) is 0.868. The van der Waals surface area contributed by atoms with Crippen LogP contribution in [-0.4, -0.2) is 16.7 Å². The molecular formula is C12H18N2O. The summed E-state index contributed by atoms with van der Waals surface area (Å²) in [4.78, 5) is 4.19. The third kappa shape index (κ3) is 2.98. The summed E-state index contributed by atoms with van der Waals surface area (Å²) in [5.41, 5.74) is 3.25. The van der Waals surface area contributed by atoms with E-state index >= 15 is 0 Å². The molecule has 15 heavy (non-hydrogen) atoms. The van der Waals surface area contributed by atoms with Crippen molar-refractivity contribution in [2.24, 2.45) is 0 Å². The Morgan fingerprint density at radius 1 is 1.40 bits per heavy atom. The molecule has 0 saturated carbocycles. The summed E-state index contributed by atoms with van der Waals surface area (Å²) in [7, 11) is 1.68. The van der Waals surface area contributed by atoms with Crippen molar-refractivity contribution in [2.45, 2.75) is 27.7 Å². The van der Waals surface area contributed by atoms with Crippen molar-refractivity contribution in [1.29, 1.82) is 0 Å². The molecule has 0 aliphatic rings. The Morgan fingerprint density at radius 2 is 2.07 bits per heavy atom. The van der Waals surface area contributed by atoms with Crippen LogP contribution in [-0.2, 0) is 4.74 Å². The third-order valence-corrected chi connectivity index (χ3v) is 2.10. The van der Waals surface area contributed by atoms with Crippen molar-refractivity contribution in [3.05, 3.63) is 35.6 Å². The molecular weight excluding hydrogens is 188 g/mol. The van der Waals surface area contributed by atoms with E-state index in [1.54, 1.807) is 13.4 Å². The molecule has 1 aromatic heterocycles. The Labute approximate surface area is 91.1 Å². The molecule has 0 amide bonds. The number of aromatic nitrogens is 2. The van der Waals surface area contributed by atoms with Crippen LogP contribution in [0, 0.1) is 6.92 Å². The molecule has 0 N–H and O–H groups in total. The molecule has 0 unspecified atom stereocenters.